The average molecular weight is 457 g/mol. The third-order valence-electron chi connectivity index (χ3n) is 5.18. The Kier molecular flexibility index (Phi) is 5.75. The smallest absolute Gasteiger partial charge is 0.352 e. The molecule has 0 unspecified atom stereocenters. The summed E-state index contributed by atoms with van der Waals surface area (Å²) in [6.07, 6.45) is 0.660. The van der Waals surface area contributed by atoms with Gasteiger partial charge in [-0.2, -0.15) is 0 Å². The molecule has 4 rings (SSSR count). The van der Waals surface area contributed by atoms with E-state index in [1.54, 1.807) is 30.3 Å². The molecule has 0 radical (unpaired) electrons. The highest BCUT2D eigenvalue weighted by atomic mass is 35.5. The van der Waals surface area contributed by atoms with Crippen molar-refractivity contribution in [3.8, 4) is 11.5 Å². The molecule has 0 bridgehead atoms. The average Bonchev–Trinajstić information content (AvgIpc) is 3.11. The van der Waals surface area contributed by atoms with E-state index >= 15 is 0 Å². The lowest BCUT2D eigenvalue weighted by molar-refractivity contribution is 0.0966. The van der Waals surface area contributed by atoms with Crippen molar-refractivity contribution in [2.24, 2.45) is 0 Å². The van der Waals surface area contributed by atoms with E-state index in [4.69, 9.17) is 21.1 Å². The van der Waals surface area contributed by atoms with Gasteiger partial charge in [0.25, 0.3) is 5.56 Å². The number of aromatic nitrogens is 4. The van der Waals surface area contributed by atoms with E-state index < -0.39 is 5.69 Å². The van der Waals surface area contributed by atoms with E-state index in [0.29, 0.717) is 46.0 Å². The van der Waals surface area contributed by atoms with Gasteiger partial charge in [0.1, 0.15) is 6.54 Å². The number of carbonyl (C=O) groups is 1. The molecular formula is C22H21ClN4O5. The number of ether oxygens (including phenoxy) is 2. The number of fused-ring (bicyclic) bond motifs is 3. The van der Waals surface area contributed by atoms with E-state index in [9.17, 15) is 14.4 Å². The van der Waals surface area contributed by atoms with Crippen LogP contribution >= 0.6 is 11.6 Å². The van der Waals surface area contributed by atoms with Gasteiger partial charge in [0.2, 0.25) is 5.78 Å². The minimum absolute atomic E-state index is 0.178. The number of benzene rings is 2. The van der Waals surface area contributed by atoms with Gasteiger partial charge in [0.05, 0.1) is 25.1 Å². The van der Waals surface area contributed by atoms with Gasteiger partial charge in [0, 0.05) is 17.1 Å². The largest absolute Gasteiger partial charge is 0.493 e. The first-order chi connectivity index (χ1) is 15.4. The van der Waals surface area contributed by atoms with Crippen LogP contribution in [0.3, 0.4) is 0 Å². The van der Waals surface area contributed by atoms with Crippen LogP contribution in [0.5, 0.6) is 11.5 Å². The molecule has 0 aliphatic carbocycles. The van der Waals surface area contributed by atoms with Gasteiger partial charge in [-0.05, 0) is 42.8 Å². The third kappa shape index (κ3) is 3.54. The van der Waals surface area contributed by atoms with Gasteiger partial charge in [-0.25, -0.2) is 13.9 Å². The second kappa shape index (κ2) is 8.51. The van der Waals surface area contributed by atoms with Crippen LogP contribution in [-0.2, 0) is 13.1 Å². The van der Waals surface area contributed by atoms with Gasteiger partial charge >= 0.3 is 5.69 Å². The van der Waals surface area contributed by atoms with Crippen molar-refractivity contribution in [3.05, 3.63) is 67.8 Å². The fourth-order valence-electron chi connectivity index (χ4n) is 3.66. The van der Waals surface area contributed by atoms with Crippen molar-refractivity contribution >= 4 is 34.1 Å². The van der Waals surface area contributed by atoms with Crippen LogP contribution in [0.2, 0.25) is 5.02 Å². The molecule has 2 aromatic heterocycles. The Morgan fingerprint density at radius 3 is 2.50 bits per heavy atom. The number of nitrogens with zero attached hydrogens (tertiary/aromatic N) is 4. The number of hydrogen-bond acceptors (Lipinski definition) is 6. The Morgan fingerprint density at radius 2 is 1.81 bits per heavy atom. The van der Waals surface area contributed by atoms with E-state index in [1.807, 2.05) is 6.92 Å². The van der Waals surface area contributed by atoms with Crippen molar-refractivity contribution in [1.29, 1.82) is 0 Å². The summed E-state index contributed by atoms with van der Waals surface area (Å²) in [5.41, 5.74) is -0.0861. The molecule has 32 heavy (non-hydrogen) atoms. The summed E-state index contributed by atoms with van der Waals surface area (Å²) >= 11 is 6.08. The molecular weight excluding hydrogens is 436 g/mol. The lowest BCUT2D eigenvalue weighted by Crippen LogP contribution is -2.27. The Labute approximate surface area is 187 Å². The summed E-state index contributed by atoms with van der Waals surface area (Å²) in [7, 11) is 2.98. The van der Waals surface area contributed by atoms with Gasteiger partial charge in [-0.1, -0.05) is 18.5 Å². The summed E-state index contributed by atoms with van der Waals surface area (Å²) in [4.78, 5) is 39.1. The molecule has 2 heterocycles. The maximum Gasteiger partial charge on any atom is 0.352 e. The zero-order valence-electron chi connectivity index (χ0n) is 17.8. The first-order valence-electron chi connectivity index (χ1n) is 9.96. The highest BCUT2D eigenvalue weighted by Crippen LogP contribution is 2.27. The number of carbonyl (C=O) groups excluding carboxylic acids is 1. The maximum atomic E-state index is 13.2. The van der Waals surface area contributed by atoms with Gasteiger partial charge < -0.3 is 9.47 Å². The fraction of sp³-hybridized carbons (Fsp3) is 0.273. The maximum absolute atomic E-state index is 13.2. The Hall–Kier alpha value is -3.59. The number of halogens is 1. The molecule has 4 aromatic rings. The number of aryl methyl sites for hydroxylation is 1. The summed E-state index contributed by atoms with van der Waals surface area (Å²) in [6, 6.07) is 9.50. The molecule has 0 N–H and O–H groups in total. The molecule has 0 fully saturated rings. The summed E-state index contributed by atoms with van der Waals surface area (Å²) in [6.45, 7) is 1.98. The second-order valence-electron chi connectivity index (χ2n) is 7.19. The van der Waals surface area contributed by atoms with Crippen molar-refractivity contribution in [1.82, 2.24) is 18.7 Å². The zero-order chi connectivity index (χ0) is 23.0. The molecule has 0 spiro atoms. The number of ketones is 1. The SMILES string of the molecule is CCCn1c(=O)c2cc(Cl)ccc2n2c(=O)n(CC(=O)c3ccc(OC)c(OC)c3)nc12. The minimum atomic E-state index is -0.522. The molecule has 0 aliphatic heterocycles. The fourth-order valence-corrected chi connectivity index (χ4v) is 3.83. The molecule has 9 nitrogen and oxygen atoms in total. The lowest BCUT2D eigenvalue weighted by atomic mass is 10.1. The minimum Gasteiger partial charge on any atom is -0.493 e. The standard InChI is InChI=1S/C22H21ClN4O5/c1-4-9-25-20(29)15-11-14(23)6-7-16(15)27-21(25)24-26(22(27)30)12-17(28)13-5-8-18(31-2)19(10-13)32-3/h5-8,10-11H,4,9,12H2,1-3H3. The predicted octanol–water partition coefficient (Wildman–Crippen LogP) is 2.77. The highest BCUT2D eigenvalue weighted by molar-refractivity contribution is 6.31. The van der Waals surface area contributed by atoms with Gasteiger partial charge in [-0.15, -0.1) is 5.10 Å². The van der Waals surface area contributed by atoms with Crippen LogP contribution in [0.4, 0.5) is 0 Å². The molecule has 0 saturated carbocycles. The first kappa shape index (κ1) is 21.6. The van der Waals surface area contributed by atoms with Crippen LogP contribution in [0.1, 0.15) is 23.7 Å². The van der Waals surface area contributed by atoms with E-state index in [0.717, 1.165) is 4.68 Å². The molecule has 0 saturated heterocycles. The normalized spacial score (nSPS) is 11.2. The molecule has 0 aliphatic rings. The Balaban J connectivity index is 1.86. The van der Waals surface area contributed by atoms with Crippen LogP contribution in [0, 0.1) is 0 Å². The number of Topliss-reactive ketones (excluding diaryl/α,β-unsaturated/α-hetero) is 1. The second-order valence-corrected chi connectivity index (χ2v) is 7.62. The molecule has 0 amide bonds. The first-order valence-corrected chi connectivity index (χ1v) is 10.3. The van der Waals surface area contributed by atoms with Gasteiger partial charge in [-0.3, -0.25) is 14.2 Å². The van der Waals surface area contributed by atoms with Crippen molar-refractivity contribution in [2.45, 2.75) is 26.4 Å². The van der Waals surface area contributed by atoms with Crippen LogP contribution in [-0.4, -0.2) is 38.8 Å². The van der Waals surface area contributed by atoms with E-state index in [-0.39, 0.29) is 23.7 Å². The lowest BCUT2D eigenvalue weighted by Gasteiger charge is -2.08. The molecule has 2 aromatic carbocycles. The highest BCUT2D eigenvalue weighted by Gasteiger charge is 2.20. The number of rotatable bonds is 7. The summed E-state index contributed by atoms with van der Waals surface area (Å²) in [5.74, 6) is 0.730. The number of hydrogen-bond donors (Lipinski definition) is 0. The van der Waals surface area contributed by atoms with Gasteiger partial charge in [0.15, 0.2) is 17.3 Å². The van der Waals surface area contributed by atoms with E-state index in [1.165, 1.54) is 29.3 Å². The third-order valence-corrected chi connectivity index (χ3v) is 5.42. The summed E-state index contributed by atoms with van der Waals surface area (Å²) in [5, 5.41) is 5.03. The molecule has 0 atom stereocenters. The van der Waals surface area contributed by atoms with Crippen LogP contribution < -0.4 is 20.7 Å². The Bertz CT molecular complexity index is 1470. The van der Waals surface area contributed by atoms with E-state index in [2.05, 4.69) is 5.10 Å². The number of methoxy groups -OCH3 is 2. The van der Waals surface area contributed by atoms with Crippen molar-refractivity contribution in [2.75, 3.05) is 14.2 Å². The topological polar surface area (TPSA) is 96.8 Å². The Morgan fingerprint density at radius 1 is 1.06 bits per heavy atom. The molecule has 10 heteroatoms. The summed E-state index contributed by atoms with van der Waals surface area (Å²) < 4.78 is 14.3. The van der Waals surface area contributed by atoms with Crippen molar-refractivity contribution in [3.63, 3.8) is 0 Å². The predicted molar refractivity (Wildman–Crippen MR) is 120 cm³/mol. The molecule has 166 valence electrons. The van der Waals surface area contributed by atoms with Crippen LogP contribution in [0.15, 0.2) is 46.0 Å². The van der Waals surface area contributed by atoms with Crippen molar-refractivity contribution < 1.29 is 14.3 Å². The monoisotopic (exact) mass is 456 g/mol. The zero-order valence-corrected chi connectivity index (χ0v) is 18.5. The quantitative estimate of drug-likeness (QED) is 0.397. The van der Waals surface area contributed by atoms with Crippen LogP contribution in [0.25, 0.3) is 16.7 Å².